The van der Waals surface area contributed by atoms with Gasteiger partial charge in [0.1, 0.15) is 10.7 Å². The zero-order valence-corrected chi connectivity index (χ0v) is 8.22. The minimum absolute atomic E-state index is 0.336. The van der Waals surface area contributed by atoms with Gasteiger partial charge in [0.05, 0.1) is 10.5 Å². The summed E-state index contributed by atoms with van der Waals surface area (Å²) >= 11 is -1.86. The Morgan fingerprint density at radius 2 is 2.00 bits per heavy atom. The van der Waals surface area contributed by atoms with Crippen LogP contribution in [0.15, 0.2) is 0 Å². The molecule has 1 aliphatic carbocycles. The molecular weight excluding hydrogens is 200 g/mol. The van der Waals surface area contributed by atoms with E-state index in [1.807, 2.05) is 0 Å². The van der Waals surface area contributed by atoms with Gasteiger partial charge in [-0.25, -0.2) is 12.6 Å². The van der Waals surface area contributed by atoms with E-state index in [9.17, 15) is 12.6 Å². The molecule has 0 heterocycles. The van der Waals surface area contributed by atoms with Gasteiger partial charge in [-0.1, -0.05) is 6.42 Å². The maximum absolute atomic E-state index is 10.6. The molecule has 3 unspecified atom stereocenters. The lowest BCUT2D eigenvalue weighted by Gasteiger charge is -2.22. The monoisotopic (exact) mass is 212 g/mol. The van der Waals surface area contributed by atoms with E-state index in [2.05, 4.69) is 0 Å². The fourth-order valence-corrected chi connectivity index (χ4v) is 3.22. The molecule has 1 fully saturated rings. The predicted octanol–water partition coefficient (Wildman–Crippen LogP) is 0.131. The van der Waals surface area contributed by atoms with E-state index in [0.717, 1.165) is 6.42 Å². The Hall–Kier alpha value is 0.0600. The van der Waals surface area contributed by atoms with Crippen LogP contribution in [0.3, 0.4) is 0 Å². The van der Waals surface area contributed by atoms with Crippen molar-refractivity contribution in [3.05, 3.63) is 0 Å². The molecule has 0 saturated heterocycles. The van der Waals surface area contributed by atoms with E-state index in [4.69, 9.17) is 4.55 Å². The van der Waals surface area contributed by atoms with Crippen LogP contribution in [0.2, 0.25) is 0 Å². The van der Waals surface area contributed by atoms with Crippen molar-refractivity contribution in [1.82, 2.24) is 0 Å². The maximum Gasteiger partial charge on any atom is 0.156 e. The van der Waals surface area contributed by atoms with Gasteiger partial charge < -0.3 is 4.55 Å². The van der Waals surface area contributed by atoms with E-state index >= 15 is 0 Å². The highest BCUT2D eigenvalue weighted by atomic mass is 32.2. The van der Waals surface area contributed by atoms with Crippen molar-refractivity contribution in [2.45, 2.75) is 36.2 Å². The Morgan fingerprint density at radius 3 is 2.50 bits per heavy atom. The molecule has 4 nitrogen and oxygen atoms in total. The molecule has 0 aliphatic heterocycles. The smallest absolute Gasteiger partial charge is 0.156 e. The normalized spacial score (nSPS) is 33.5. The van der Waals surface area contributed by atoms with Gasteiger partial charge in [0.25, 0.3) is 0 Å². The molecule has 0 spiro atoms. The second kappa shape index (κ2) is 4.34. The van der Waals surface area contributed by atoms with E-state index < -0.39 is 21.8 Å². The number of hydrogen-bond acceptors (Lipinski definition) is 3. The van der Waals surface area contributed by atoms with Crippen molar-refractivity contribution in [3.8, 4) is 0 Å². The summed E-state index contributed by atoms with van der Waals surface area (Å²) in [5.74, 6) is 0. The van der Waals surface area contributed by atoms with Crippen LogP contribution in [0.4, 0.5) is 0 Å². The van der Waals surface area contributed by atoms with Gasteiger partial charge in [-0.3, -0.25) is 0 Å². The molecule has 6 heteroatoms. The van der Waals surface area contributed by atoms with Crippen molar-refractivity contribution in [2.24, 2.45) is 0 Å². The van der Waals surface area contributed by atoms with Crippen LogP contribution >= 0.6 is 0 Å². The summed E-state index contributed by atoms with van der Waals surface area (Å²) in [4.78, 5) is 0. The van der Waals surface area contributed by atoms with Gasteiger partial charge in [0.15, 0.2) is 11.1 Å². The number of rotatable bonds is 2. The van der Waals surface area contributed by atoms with Crippen LogP contribution in [-0.2, 0) is 21.8 Å². The Morgan fingerprint density at radius 1 is 1.33 bits per heavy atom. The number of thiol groups is 1. The van der Waals surface area contributed by atoms with Gasteiger partial charge in [-0.15, -0.1) is 0 Å². The topological polar surface area (TPSA) is 71.4 Å². The van der Waals surface area contributed by atoms with Crippen LogP contribution in [-0.4, -0.2) is 27.7 Å². The van der Waals surface area contributed by atoms with Gasteiger partial charge in [0.2, 0.25) is 0 Å². The molecule has 0 aromatic carbocycles. The highest BCUT2D eigenvalue weighted by Gasteiger charge is 2.27. The van der Waals surface area contributed by atoms with Gasteiger partial charge in [-0.05, 0) is 19.3 Å². The molecule has 0 bridgehead atoms. The predicted molar refractivity (Wildman–Crippen MR) is 47.1 cm³/mol. The largest absolute Gasteiger partial charge is 0.306 e. The lowest BCUT2D eigenvalue weighted by atomic mass is 10.00. The molecule has 1 rings (SSSR count). The molecule has 0 aromatic rings. The third kappa shape index (κ3) is 2.53. The molecule has 0 radical (unpaired) electrons. The molecule has 12 heavy (non-hydrogen) atoms. The minimum atomic E-state index is -2.42. The summed E-state index contributed by atoms with van der Waals surface area (Å²) in [5, 5.41) is -0.716. The summed E-state index contributed by atoms with van der Waals surface area (Å²) in [5.41, 5.74) is 0. The molecule has 0 aromatic heterocycles. The first-order valence-corrected chi connectivity index (χ1v) is 6.26. The van der Waals surface area contributed by atoms with Crippen molar-refractivity contribution in [3.63, 3.8) is 0 Å². The summed E-state index contributed by atoms with van der Waals surface area (Å²) in [7, 11) is -2.42. The zero-order chi connectivity index (χ0) is 9.14. The lowest BCUT2D eigenvalue weighted by Crippen LogP contribution is -2.27. The SMILES string of the molecule is O=S(O)C1CCCC([SH](=O)=O)C1. The van der Waals surface area contributed by atoms with Crippen LogP contribution in [0, 0.1) is 0 Å². The fourth-order valence-electron chi connectivity index (χ4n) is 1.49. The van der Waals surface area contributed by atoms with Gasteiger partial charge in [0, 0.05) is 0 Å². The standard InChI is InChI=1S/C6H12O4S2/c7-11(8)5-2-1-3-6(4-5)12(9)10/h5-6,11H,1-4H2,(H,9,10). The van der Waals surface area contributed by atoms with Crippen molar-refractivity contribution >= 4 is 21.8 Å². The molecule has 1 aliphatic rings. The molecule has 0 amide bonds. The summed E-state index contributed by atoms with van der Waals surface area (Å²) in [6.45, 7) is 0. The van der Waals surface area contributed by atoms with Crippen molar-refractivity contribution in [1.29, 1.82) is 0 Å². The third-order valence-corrected chi connectivity index (χ3v) is 4.25. The summed E-state index contributed by atoms with van der Waals surface area (Å²) in [6, 6.07) is 0. The quantitative estimate of drug-likeness (QED) is 0.504. The Balaban J connectivity index is 2.57. The van der Waals surface area contributed by atoms with E-state index in [1.165, 1.54) is 0 Å². The maximum atomic E-state index is 10.6. The Labute approximate surface area is 75.6 Å². The average molecular weight is 212 g/mol. The van der Waals surface area contributed by atoms with E-state index in [0.29, 0.717) is 19.3 Å². The first kappa shape index (κ1) is 10.1. The third-order valence-electron chi connectivity index (χ3n) is 2.18. The van der Waals surface area contributed by atoms with Crippen LogP contribution in [0.25, 0.3) is 0 Å². The Bertz CT molecular complexity index is 240. The van der Waals surface area contributed by atoms with Crippen LogP contribution < -0.4 is 0 Å². The number of hydrogen-bond donors (Lipinski definition) is 2. The first-order valence-electron chi connectivity index (χ1n) is 3.84. The van der Waals surface area contributed by atoms with Crippen LogP contribution in [0.1, 0.15) is 25.7 Å². The zero-order valence-electron chi connectivity index (χ0n) is 6.51. The second-order valence-corrected chi connectivity index (χ2v) is 5.52. The average Bonchev–Trinajstić information content (AvgIpc) is 2.04. The van der Waals surface area contributed by atoms with Crippen molar-refractivity contribution in [2.75, 3.05) is 0 Å². The summed E-state index contributed by atoms with van der Waals surface area (Å²) < 4.78 is 40.5. The molecule has 1 saturated carbocycles. The van der Waals surface area contributed by atoms with Gasteiger partial charge >= 0.3 is 0 Å². The lowest BCUT2D eigenvalue weighted by molar-refractivity contribution is 0.467. The van der Waals surface area contributed by atoms with Crippen molar-refractivity contribution < 1.29 is 17.2 Å². The first-order chi connectivity index (χ1) is 5.61. The van der Waals surface area contributed by atoms with E-state index in [1.54, 1.807) is 0 Å². The van der Waals surface area contributed by atoms with Crippen LogP contribution in [0.5, 0.6) is 0 Å². The fraction of sp³-hybridized carbons (Fsp3) is 1.00. The minimum Gasteiger partial charge on any atom is -0.306 e. The molecule has 3 atom stereocenters. The molecular formula is C6H12O4S2. The molecule has 72 valence electrons. The van der Waals surface area contributed by atoms with E-state index in [-0.39, 0.29) is 10.5 Å². The van der Waals surface area contributed by atoms with Gasteiger partial charge in [-0.2, -0.15) is 0 Å². The Kier molecular flexibility index (Phi) is 3.67. The summed E-state index contributed by atoms with van der Waals surface area (Å²) in [6.07, 6.45) is 2.40. The highest BCUT2D eigenvalue weighted by molar-refractivity contribution is 7.80. The highest BCUT2D eigenvalue weighted by Crippen LogP contribution is 2.23. The second-order valence-electron chi connectivity index (χ2n) is 3.00. The molecule has 1 N–H and O–H groups in total.